The minimum absolute atomic E-state index is 0. The first-order valence-electron chi connectivity index (χ1n) is 0. The van der Waals surface area contributed by atoms with Gasteiger partial charge in [0.1, 0.15) is 0 Å². The van der Waals surface area contributed by atoms with Gasteiger partial charge in [0.15, 0.2) is 0 Å². The third kappa shape index (κ3) is 409. The topological polar surface area (TPSA) is 0 Å². The molecule has 0 heterocycles. The molecule has 0 saturated heterocycles. The largest absolute Gasteiger partial charge is 0 e. The van der Waals surface area contributed by atoms with Crippen LogP contribution >= 0.6 is 0 Å². The molecule has 0 rings (SSSR count). The van der Waals surface area contributed by atoms with E-state index in [0.717, 1.165) is 0 Å². The van der Waals surface area contributed by atoms with Crippen LogP contribution in [-0.4, -0.2) is 0 Å². The van der Waals surface area contributed by atoms with E-state index >= 15 is 0 Å². The molecule has 0 aromatic heterocycles. The molecule has 0 amide bonds. The first-order chi connectivity index (χ1) is 0. The fourth-order valence-corrected chi connectivity index (χ4v) is 0. The van der Waals surface area contributed by atoms with Crippen LogP contribution in [0.1, 0.15) is 0 Å². The molecule has 200 valence electrons. The van der Waals surface area contributed by atoms with Crippen LogP contribution in [0.15, 0.2) is 0 Å². The van der Waals surface area contributed by atoms with Crippen LogP contribution in [0.3, 0.4) is 0 Å². The van der Waals surface area contributed by atoms with Crippen molar-refractivity contribution >= 4 is 0 Å². The molecule has 0 aliphatic carbocycles. The first-order valence-corrected chi connectivity index (χ1v) is 0. The van der Waals surface area contributed by atoms with Gasteiger partial charge in [0, 0.05) is 742 Å². The van der Waals surface area contributed by atoms with Gasteiger partial charge in [-0.05, 0) is 0 Å². The minimum Gasteiger partial charge on any atom is 0 e. The fourth-order valence-electron chi connectivity index (χ4n) is 0. The molecule has 0 bridgehead atoms. The summed E-state index contributed by atoms with van der Waals surface area (Å²) in [4.78, 5) is 0. The quantitative estimate of drug-likeness (QED) is 0.319. The van der Waals surface area contributed by atoms with Crippen LogP contribution in [0.25, 0.3) is 0 Å². The van der Waals surface area contributed by atoms with Crippen molar-refractivity contribution in [1.82, 2.24) is 0 Å². The molecule has 40 radical (unpaired) electrons. The minimum atomic E-state index is 0. The Hall–Kier alpha value is 23.4. The maximum Gasteiger partial charge on any atom is 0 e. The van der Waals surface area contributed by atoms with Crippen molar-refractivity contribution in [1.29, 1.82) is 0 Å². The van der Waals surface area contributed by atoms with Gasteiger partial charge in [-0.25, -0.2) is 0 Å². The molecular weight excluding hydrogens is 2040 g/mol. The Morgan fingerprint density at radius 1 is 0.0250 bits per heavy atom. The number of rotatable bonds is 0. The molecule has 0 aliphatic heterocycles. The van der Waals surface area contributed by atoms with Crippen LogP contribution < -0.4 is 0 Å². The molecule has 0 nitrogen and oxygen atoms in total. The number of hydrogen-bond acceptors (Lipinski definition) is 0. The van der Waals surface area contributed by atoms with E-state index in [9.17, 15) is 0 Å². The smallest absolute Gasteiger partial charge is 0 e. The Morgan fingerprint density at radius 2 is 0.0250 bits per heavy atom. The Balaban J connectivity index is 0. The van der Waals surface area contributed by atoms with Crippen molar-refractivity contribution in [2.45, 2.75) is 0 Å². The second kappa shape index (κ2) is 430. The molecule has 0 fully saturated rings. The molecule has 0 spiro atoms. The summed E-state index contributed by atoms with van der Waals surface area (Å²) in [5, 5.41) is 0. The van der Waals surface area contributed by atoms with Crippen LogP contribution in [0.2, 0.25) is 0 Å². The Bertz CT molecular complexity index is 0. The molecule has 0 atom stereocenters. The van der Waals surface area contributed by atoms with E-state index < -0.39 is 0 Å². The molecule has 40 heavy (non-hydrogen) atoms. The van der Waals surface area contributed by atoms with Gasteiger partial charge in [0.2, 0.25) is 0 Å². The van der Waals surface area contributed by atoms with Gasteiger partial charge in [0.05, 0.1) is 0 Å². The van der Waals surface area contributed by atoms with E-state index in [-0.39, 0.29) is 742 Å². The maximum absolute atomic E-state index is 0. The van der Waals surface area contributed by atoms with E-state index in [1.54, 1.807) is 0 Å². The maximum atomic E-state index is 0. The van der Waals surface area contributed by atoms with Crippen molar-refractivity contribution in [3.05, 3.63) is 0 Å². The fraction of sp³-hybridized carbons (Fsp3) is 0. The van der Waals surface area contributed by atoms with Gasteiger partial charge < -0.3 is 0 Å². The summed E-state index contributed by atoms with van der Waals surface area (Å²) in [6, 6.07) is 0. The Labute approximate surface area is 722 Å². The van der Waals surface area contributed by atoms with E-state index in [1.807, 2.05) is 0 Å². The van der Waals surface area contributed by atoms with Crippen molar-refractivity contribution in [2.75, 3.05) is 0 Å². The van der Waals surface area contributed by atoms with Crippen LogP contribution in [-0.2, 0) is 742 Å². The molecule has 0 N–H and O–H groups in total. The van der Waals surface area contributed by atoms with Crippen LogP contribution in [0.4, 0.5) is 0 Å². The average Bonchev–Trinajstić information content (AvgIpc) is 0. The van der Waals surface area contributed by atoms with Gasteiger partial charge in [-0.3, -0.25) is 0 Å². The van der Waals surface area contributed by atoms with Crippen molar-refractivity contribution < 1.29 is 742 Å². The summed E-state index contributed by atoms with van der Waals surface area (Å²) >= 11 is 0. The third-order valence-corrected chi connectivity index (χ3v) is 0. The van der Waals surface area contributed by atoms with Crippen LogP contribution in [0, 0.1) is 0 Å². The monoisotopic (exact) mass is 2040 g/mol. The van der Waals surface area contributed by atoms with Gasteiger partial charge in [-0.1, -0.05) is 0 Å². The van der Waals surface area contributed by atoms with E-state index in [0.29, 0.717) is 0 Å². The van der Waals surface area contributed by atoms with E-state index in [2.05, 4.69) is 0 Å². The van der Waals surface area contributed by atoms with Crippen molar-refractivity contribution in [3.8, 4) is 0 Å². The molecule has 0 aromatic carbocycles. The van der Waals surface area contributed by atoms with Gasteiger partial charge in [-0.15, -0.1) is 0 Å². The van der Waals surface area contributed by atoms with Gasteiger partial charge in [-0.2, -0.15) is 0 Å². The molecule has 0 unspecified atom stereocenters. The summed E-state index contributed by atoms with van der Waals surface area (Å²) in [5.74, 6) is 0. The van der Waals surface area contributed by atoms with Crippen molar-refractivity contribution in [3.63, 3.8) is 0 Å². The number of hydrogen-bond donors (Lipinski definition) is 0. The second-order valence-corrected chi connectivity index (χ2v) is 0. The Kier molecular flexibility index (Phi) is 4850. The summed E-state index contributed by atoms with van der Waals surface area (Å²) in [5.41, 5.74) is 0. The third-order valence-electron chi connectivity index (χ3n) is 0. The molecule has 0 saturated carbocycles. The predicted molar refractivity (Wildman–Crippen MR) is 0 cm³/mol. The SMILES string of the molecule is [V].[V].[V].[V].[V].[V].[V].[V].[V].[V].[V].[V].[V].[V].[V].[V].[V].[V].[V].[V].[V].[V].[V].[V].[V].[V].[V].[V].[V].[V].[V].[V].[V].[V].[V].[V].[V].[V].[V].[V]. The zero-order valence-corrected chi connectivity index (χ0v) is 73.8. The first kappa shape index (κ1) is 451. The molecular formula is V40. The van der Waals surface area contributed by atoms with Crippen molar-refractivity contribution in [2.24, 2.45) is 0 Å². The van der Waals surface area contributed by atoms with E-state index in [4.69, 9.17) is 0 Å². The summed E-state index contributed by atoms with van der Waals surface area (Å²) < 4.78 is 0. The summed E-state index contributed by atoms with van der Waals surface area (Å²) in [6.07, 6.45) is 0. The summed E-state index contributed by atoms with van der Waals surface area (Å²) in [6.45, 7) is 0. The molecule has 0 aromatic rings. The standard InChI is InChI=1S/40V. The summed E-state index contributed by atoms with van der Waals surface area (Å²) in [7, 11) is 0. The van der Waals surface area contributed by atoms with Gasteiger partial charge >= 0.3 is 0 Å². The Morgan fingerprint density at radius 3 is 0.0250 bits per heavy atom. The van der Waals surface area contributed by atoms with Gasteiger partial charge in [0.25, 0.3) is 0 Å². The normalized spacial score (nSPS) is 0. The second-order valence-electron chi connectivity index (χ2n) is 0. The average molecular weight is 2040 g/mol. The molecule has 40 heteroatoms. The zero-order chi connectivity index (χ0) is 0. The molecule has 0 aliphatic rings. The van der Waals surface area contributed by atoms with Crippen LogP contribution in [0.5, 0.6) is 0 Å². The predicted octanol–water partition coefficient (Wildman–Crippen LogP) is -0.100. The zero-order valence-electron chi connectivity index (χ0n) is 17.9. The van der Waals surface area contributed by atoms with E-state index in [1.165, 1.54) is 0 Å².